The maximum absolute atomic E-state index is 11.7. The Morgan fingerprint density at radius 2 is 2.00 bits per heavy atom. The van der Waals surface area contributed by atoms with E-state index in [1.54, 1.807) is 0 Å². The molecule has 4 nitrogen and oxygen atoms in total. The van der Waals surface area contributed by atoms with Gasteiger partial charge in [-0.05, 0) is 25.3 Å². The second-order valence-electron chi connectivity index (χ2n) is 4.24. The molecule has 7 heteroatoms. The largest absolute Gasteiger partial charge is 0.481 e. The molecule has 108 valence electrons. The highest BCUT2D eigenvalue weighted by atomic mass is 19.4. The third-order valence-electron chi connectivity index (χ3n) is 2.35. The number of halogens is 3. The van der Waals surface area contributed by atoms with Crippen molar-refractivity contribution in [3.8, 4) is 0 Å². The van der Waals surface area contributed by atoms with Crippen molar-refractivity contribution in [2.24, 2.45) is 5.92 Å². The Hall–Kier alpha value is -0.820. The molecule has 0 fully saturated rings. The van der Waals surface area contributed by atoms with Crippen LogP contribution in [0.1, 0.15) is 26.2 Å². The molecular formula is C11H20F3NO3. The van der Waals surface area contributed by atoms with Crippen LogP contribution >= 0.6 is 0 Å². The fourth-order valence-corrected chi connectivity index (χ4v) is 1.32. The average Bonchev–Trinajstić information content (AvgIpc) is 2.23. The third-order valence-corrected chi connectivity index (χ3v) is 2.35. The fraction of sp³-hybridized carbons (Fsp3) is 0.909. The van der Waals surface area contributed by atoms with Gasteiger partial charge in [-0.25, -0.2) is 0 Å². The fourth-order valence-electron chi connectivity index (χ4n) is 1.32. The number of alkyl halides is 3. The van der Waals surface area contributed by atoms with Crippen LogP contribution in [0.25, 0.3) is 0 Å². The molecule has 1 atom stereocenters. The zero-order chi connectivity index (χ0) is 14.0. The van der Waals surface area contributed by atoms with Crippen molar-refractivity contribution in [1.29, 1.82) is 0 Å². The Balaban J connectivity index is 3.27. The molecule has 0 amide bonds. The first-order valence-electron chi connectivity index (χ1n) is 5.88. The monoisotopic (exact) mass is 271 g/mol. The Morgan fingerprint density at radius 1 is 1.33 bits per heavy atom. The first kappa shape index (κ1) is 17.2. The van der Waals surface area contributed by atoms with Crippen molar-refractivity contribution in [1.82, 2.24) is 5.32 Å². The van der Waals surface area contributed by atoms with Crippen LogP contribution in [-0.4, -0.2) is 43.6 Å². The van der Waals surface area contributed by atoms with Gasteiger partial charge in [0, 0.05) is 13.0 Å². The molecule has 0 aliphatic rings. The van der Waals surface area contributed by atoms with Crippen LogP contribution in [0.2, 0.25) is 0 Å². The summed E-state index contributed by atoms with van der Waals surface area (Å²) in [7, 11) is 0. The van der Waals surface area contributed by atoms with Gasteiger partial charge in [-0.15, -0.1) is 0 Å². The molecule has 0 aromatic heterocycles. The number of carbonyl (C=O) groups is 1. The van der Waals surface area contributed by atoms with Crippen molar-refractivity contribution in [2.45, 2.75) is 32.4 Å². The van der Waals surface area contributed by atoms with E-state index >= 15 is 0 Å². The first-order valence-corrected chi connectivity index (χ1v) is 5.88. The Kier molecular flexibility index (Phi) is 8.74. The SMILES string of the molecule is CC(CCNCCOCC(F)(F)F)CCC(=O)O. The number of aliphatic carboxylic acids is 1. The molecule has 0 spiro atoms. The minimum atomic E-state index is -4.27. The average molecular weight is 271 g/mol. The van der Waals surface area contributed by atoms with E-state index in [0.717, 1.165) is 6.42 Å². The summed E-state index contributed by atoms with van der Waals surface area (Å²) in [5, 5.41) is 11.4. The van der Waals surface area contributed by atoms with Crippen molar-refractivity contribution >= 4 is 5.97 Å². The predicted molar refractivity (Wildman–Crippen MR) is 60.4 cm³/mol. The molecule has 18 heavy (non-hydrogen) atoms. The molecule has 0 aliphatic heterocycles. The zero-order valence-corrected chi connectivity index (χ0v) is 10.4. The molecule has 0 saturated heterocycles. The summed E-state index contributed by atoms with van der Waals surface area (Å²) in [6, 6.07) is 0. The van der Waals surface area contributed by atoms with E-state index < -0.39 is 18.8 Å². The van der Waals surface area contributed by atoms with Crippen molar-refractivity contribution < 1.29 is 27.8 Å². The van der Waals surface area contributed by atoms with E-state index in [1.807, 2.05) is 6.92 Å². The van der Waals surface area contributed by atoms with Crippen LogP contribution in [-0.2, 0) is 9.53 Å². The normalized spacial score (nSPS) is 13.6. The maximum Gasteiger partial charge on any atom is 0.411 e. The van der Waals surface area contributed by atoms with Crippen molar-refractivity contribution in [3.05, 3.63) is 0 Å². The van der Waals surface area contributed by atoms with E-state index in [-0.39, 0.29) is 18.9 Å². The highest BCUT2D eigenvalue weighted by Crippen LogP contribution is 2.14. The highest BCUT2D eigenvalue weighted by Gasteiger charge is 2.27. The maximum atomic E-state index is 11.7. The standard InChI is InChI=1S/C11H20F3NO3/c1-9(2-3-10(16)17)4-5-15-6-7-18-8-11(12,13)14/h9,15H,2-8H2,1H3,(H,16,17). The van der Waals surface area contributed by atoms with E-state index in [9.17, 15) is 18.0 Å². The van der Waals surface area contributed by atoms with Crippen molar-refractivity contribution in [3.63, 3.8) is 0 Å². The summed E-state index contributed by atoms with van der Waals surface area (Å²) in [5.41, 5.74) is 0. The van der Waals surface area contributed by atoms with Crippen LogP contribution in [0.15, 0.2) is 0 Å². The Bertz CT molecular complexity index is 234. The lowest BCUT2D eigenvalue weighted by Crippen LogP contribution is -2.25. The van der Waals surface area contributed by atoms with Gasteiger partial charge in [0.2, 0.25) is 0 Å². The lowest BCUT2D eigenvalue weighted by molar-refractivity contribution is -0.173. The zero-order valence-electron chi connectivity index (χ0n) is 10.4. The predicted octanol–water partition coefficient (Wildman–Crippen LogP) is 2.05. The first-order chi connectivity index (χ1) is 8.31. The molecule has 0 aromatic rings. The van der Waals surface area contributed by atoms with Crippen LogP contribution in [0.5, 0.6) is 0 Å². The number of hydrogen-bond acceptors (Lipinski definition) is 3. The smallest absolute Gasteiger partial charge is 0.411 e. The molecule has 0 radical (unpaired) electrons. The van der Waals surface area contributed by atoms with E-state index in [0.29, 0.717) is 19.5 Å². The molecule has 0 saturated carbocycles. The lowest BCUT2D eigenvalue weighted by Gasteiger charge is -2.11. The number of rotatable bonds is 10. The van der Waals surface area contributed by atoms with Gasteiger partial charge in [0.25, 0.3) is 0 Å². The third kappa shape index (κ3) is 13.2. The molecular weight excluding hydrogens is 251 g/mol. The molecule has 0 rings (SSSR count). The Morgan fingerprint density at radius 3 is 2.56 bits per heavy atom. The van der Waals surface area contributed by atoms with Gasteiger partial charge in [-0.3, -0.25) is 4.79 Å². The van der Waals surface area contributed by atoms with Gasteiger partial charge < -0.3 is 15.2 Å². The van der Waals surface area contributed by atoms with Crippen LogP contribution < -0.4 is 5.32 Å². The van der Waals surface area contributed by atoms with Crippen LogP contribution in [0.4, 0.5) is 13.2 Å². The van der Waals surface area contributed by atoms with Gasteiger partial charge in [-0.1, -0.05) is 6.92 Å². The van der Waals surface area contributed by atoms with Gasteiger partial charge in [0.15, 0.2) is 0 Å². The summed E-state index contributed by atoms with van der Waals surface area (Å²) in [6.45, 7) is 1.76. The van der Waals surface area contributed by atoms with E-state index in [2.05, 4.69) is 10.1 Å². The number of nitrogens with one attached hydrogen (secondary N) is 1. The quantitative estimate of drug-likeness (QED) is 0.597. The van der Waals surface area contributed by atoms with E-state index in [4.69, 9.17) is 5.11 Å². The molecule has 0 heterocycles. The summed E-state index contributed by atoms with van der Waals surface area (Å²) < 4.78 is 39.5. The Labute approximate surface area is 105 Å². The van der Waals surface area contributed by atoms with E-state index in [1.165, 1.54) is 0 Å². The minimum absolute atomic E-state index is 0.0169. The van der Waals surface area contributed by atoms with Crippen LogP contribution in [0, 0.1) is 5.92 Å². The molecule has 0 aromatic carbocycles. The molecule has 1 unspecified atom stereocenters. The number of ether oxygens (including phenoxy) is 1. The second kappa shape index (κ2) is 9.16. The summed E-state index contributed by atoms with van der Waals surface area (Å²) in [4.78, 5) is 10.3. The molecule has 2 N–H and O–H groups in total. The number of carboxylic acids is 1. The van der Waals surface area contributed by atoms with Gasteiger partial charge >= 0.3 is 12.1 Å². The second-order valence-corrected chi connectivity index (χ2v) is 4.24. The molecule has 0 bridgehead atoms. The number of hydrogen-bond donors (Lipinski definition) is 2. The van der Waals surface area contributed by atoms with Gasteiger partial charge in [0.1, 0.15) is 6.61 Å². The topological polar surface area (TPSA) is 58.6 Å². The number of carboxylic acid groups (broad SMARTS) is 1. The van der Waals surface area contributed by atoms with Crippen LogP contribution in [0.3, 0.4) is 0 Å². The summed E-state index contributed by atoms with van der Waals surface area (Å²) in [6.07, 6.45) is -2.71. The lowest BCUT2D eigenvalue weighted by atomic mass is 10.0. The van der Waals surface area contributed by atoms with Gasteiger partial charge in [0.05, 0.1) is 6.61 Å². The highest BCUT2D eigenvalue weighted by molar-refractivity contribution is 5.66. The summed E-state index contributed by atoms with van der Waals surface area (Å²) in [5.74, 6) is -0.528. The van der Waals surface area contributed by atoms with Gasteiger partial charge in [-0.2, -0.15) is 13.2 Å². The minimum Gasteiger partial charge on any atom is -0.481 e. The van der Waals surface area contributed by atoms with Crippen molar-refractivity contribution in [2.75, 3.05) is 26.3 Å². The summed E-state index contributed by atoms with van der Waals surface area (Å²) >= 11 is 0. The molecule has 0 aliphatic carbocycles.